The van der Waals surface area contributed by atoms with Crippen LogP contribution in [0.3, 0.4) is 0 Å². The van der Waals surface area contributed by atoms with Crippen LogP contribution in [0.5, 0.6) is 5.75 Å². The number of carbonyl (C=O) groups is 2. The molecule has 2 aromatic carbocycles. The predicted molar refractivity (Wildman–Crippen MR) is 81.2 cm³/mol. The van der Waals surface area contributed by atoms with Gasteiger partial charge in [-0.05, 0) is 29.8 Å². The molecule has 22 heavy (non-hydrogen) atoms. The van der Waals surface area contributed by atoms with Crippen molar-refractivity contribution >= 4 is 17.6 Å². The molecule has 6 heteroatoms. The van der Waals surface area contributed by atoms with Crippen LogP contribution in [0.2, 0.25) is 0 Å². The molecule has 0 aliphatic heterocycles. The fraction of sp³-hybridized carbons (Fsp3) is 0.125. The minimum atomic E-state index is -0.988. The molecule has 0 heterocycles. The van der Waals surface area contributed by atoms with E-state index in [1.165, 1.54) is 31.4 Å². The number of anilines is 1. The number of esters is 1. The number of nitrogen functional groups attached to an aromatic ring is 1. The summed E-state index contributed by atoms with van der Waals surface area (Å²) in [7, 11) is 1.23. The van der Waals surface area contributed by atoms with Gasteiger partial charge in [0, 0.05) is 5.69 Å². The Labute approximate surface area is 127 Å². The molecular formula is C16H16N2O4. The van der Waals surface area contributed by atoms with E-state index in [0.29, 0.717) is 11.3 Å². The topological polar surface area (TPSA) is 102 Å². The number of carbonyl (C=O) groups excluding carboxylic acids is 2. The van der Waals surface area contributed by atoms with Crippen LogP contribution in [-0.2, 0) is 9.53 Å². The molecule has 0 aliphatic carbocycles. The smallest absolute Gasteiger partial charge is 0.333 e. The molecule has 6 nitrogen and oxygen atoms in total. The molecule has 4 N–H and O–H groups in total. The number of phenols is 1. The summed E-state index contributed by atoms with van der Waals surface area (Å²) < 4.78 is 4.72. The van der Waals surface area contributed by atoms with Crippen molar-refractivity contribution in [3.05, 3.63) is 59.7 Å². The van der Waals surface area contributed by atoms with Crippen LogP contribution in [0.25, 0.3) is 0 Å². The summed E-state index contributed by atoms with van der Waals surface area (Å²) in [6.45, 7) is 0. The highest BCUT2D eigenvalue weighted by Crippen LogP contribution is 2.19. The van der Waals surface area contributed by atoms with E-state index in [4.69, 9.17) is 10.5 Å². The molecule has 0 saturated carbocycles. The number of nitrogens with one attached hydrogen (secondary N) is 1. The lowest BCUT2D eigenvalue weighted by Gasteiger charge is -2.17. The second kappa shape index (κ2) is 6.62. The molecule has 0 aliphatic rings. The molecule has 0 fully saturated rings. The predicted octanol–water partition coefficient (Wildman–Crippen LogP) is 1.62. The fourth-order valence-corrected chi connectivity index (χ4v) is 1.98. The highest BCUT2D eigenvalue weighted by molar-refractivity contribution is 6.01. The number of hydrogen-bond donors (Lipinski definition) is 3. The Bertz CT molecular complexity index is 683. The zero-order valence-electron chi connectivity index (χ0n) is 11.9. The lowest BCUT2D eigenvalue weighted by Crippen LogP contribution is -2.34. The number of para-hydroxylation sites is 1. The van der Waals surface area contributed by atoms with Crippen molar-refractivity contribution in [1.29, 1.82) is 0 Å². The first-order chi connectivity index (χ1) is 10.5. The SMILES string of the molecule is COC(=O)C(NC(=O)c1ccccc1N)c1ccc(O)cc1. The van der Waals surface area contributed by atoms with Gasteiger partial charge in [0.15, 0.2) is 6.04 Å². The lowest BCUT2D eigenvalue weighted by molar-refractivity contribution is -0.143. The fourth-order valence-electron chi connectivity index (χ4n) is 1.98. The monoisotopic (exact) mass is 300 g/mol. The molecule has 0 saturated heterocycles. The maximum Gasteiger partial charge on any atom is 0.333 e. The van der Waals surface area contributed by atoms with Gasteiger partial charge < -0.3 is 20.9 Å². The average Bonchev–Trinajstić information content (AvgIpc) is 2.53. The molecule has 1 amide bonds. The van der Waals surface area contributed by atoms with Crippen molar-refractivity contribution in [3.63, 3.8) is 0 Å². The first-order valence-electron chi connectivity index (χ1n) is 6.55. The van der Waals surface area contributed by atoms with E-state index in [9.17, 15) is 14.7 Å². The van der Waals surface area contributed by atoms with Gasteiger partial charge in [-0.1, -0.05) is 24.3 Å². The number of ether oxygens (including phenoxy) is 1. The van der Waals surface area contributed by atoms with E-state index in [-0.39, 0.29) is 11.3 Å². The van der Waals surface area contributed by atoms with E-state index in [0.717, 1.165) is 0 Å². The summed E-state index contributed by atoms with van der Waals surface area (Å²) in [6, 6.07) is 11.5. The molecule has 0 radical (unpaired) electrons. The van der Waals surface area contributed by atoms with Crippen LogP contribution in [0.4, 0.5) is 5.69 Å². The second-order valence-corrected chi connectivity index (χ2v) is 4.61. The molecule has 1 unspecified atom stereocenters. The third-order valence-electron chi connectivity index (χ3n) is 3.14. The quantitative estimate of drug-likeness (QED) is 0.588. The number of amides is 1. The van der Waals surface area contributed by atoms with E-state index < -0.39 is 17.9 Å². The molecular weight excluding hydrogens is 284 g/mol. The first-order valence-corrected chi connectivity index (χ1v) is 6.55. The summed E-state index contributed by atoms with van der Waals surface area (Å²) in [5.74, 6) is -1.04. The maximum absolute atomic E-state index is 12.3. The Morgan fingerprint density at radius 2 is 1.77 bits per heavy atom. The van der Waals surface area contributed by atoms with Gasteiger partial charge in [-0.25, -0.2) is 4.79 Å². The minimum absolute atomic E-state index is 0.0611. The number of benzene rings is 2. The molecule has 2 rings (SSSR count). The molecule has 2 aromatic rings. The van der Waals surface area contributed by atoms with Crippen LogP contribution >= 0.6 is 0 Å². The number of methoxy groups -OCH3 is 1. The van der Waals surface area contributed by atoms with Gasteiger partial charge in [0.25, 0.3) is 5.91 Å². The van der Waals surface area contributed by atoms with Crippen LogP contribution in [0.1, 0.15) is 22.0 Å². The average molecular weight is 300 g/mol. The van der Waals surface area contributed by atoms with Gasteiger partial charge >= 0.3 is 5.97 Å². The highest BCUT2D eigenvalue weighted by atomic mass is 16.5. The molecule has 114 valence electrons. The molecule has 0 bridgehead atoms. The third-order valence-corrected chi connectivity index (χ3v) is 3.14. The van der Waals surface area contributed by atoms with Gasteiger partial charge in [0.2, 0.25) is 0 Å². The zero-order valence-corrected chi connectivity index (χ0v) is 11.9. The highest BCUT2D eigenvalue weighted by Gasteiger charge is 2.24. The summed E-state index contributed by atoms with van der Waals surface area (Å²) in [5, 5.41) is 11.9. The van der Waals surface area contributed by atoms with Crippen molar-refractivity contribution in [2.45, 2.75) is 6.04 Å². The summed E-state index contributed by atoms with van der Waals surface area (Å²) >= 11 is 0. The molecule has 0 spiro atoms. The van der Waals surface area contributed by atoms with Crippen LogP contribution in [0.15, 0.2) is 48.5 Å². The van der Waals surface area contributed by atoms with Crippen molar-refractivity contribution in [2.24, 2.45) is 0 Å². The standard InChI is InChI=1S/C16H16N2O4/c1-22-16(21)14(10-6-8-11(19)9-7-10)18-15(20)12-4-2-3-5-13(12)17/h2-9,14,19H,17H2,1H3,(H,18,20). The van der Waals surface area contributed by atoms with Gasteiger partial charge in [-0.2, -0.15) is 0 Å². The number of phenolic OH excluding ortho intramolecular Hbond substituents is 1. The summed E-state index contributed by atoms with van der Waals surface area (Å²) in [5.41, 5.74) is 6.83. The van der Waals surface area contributed by atoms with E-state index in [1.54, 1.807) is 24.3 Å². The van der Waals surface area contributed by atoms with Gasteiger partial charge in [0.05, 0.1) is 12.7 Å². The van der Waals surface area contributed by atoms with Gasteiger partial charge in [-0.3, -0.25) is 4.79 Å². The van der Waals surface area contributed by atoms with Crippen LogP contribution in [0, 0.1) is 0 Å². The van der Waals surface area contributed by atoms with Crippen molar-refractivity contribution in [3.8, 4) is 5.75 Å². The number of hydrogen-bond acceptors (Lipinski definition) is 5. The Morgan fingerprint density at radius 1 is 1.14 bits per heavy atom. The van der Waals surface area contributed by atoms with E-state index in [2.05, 4.69) is 5.32 Å². The lowest BCUT2D eigenvalue weighted by atomic mass is 10.1. The van der Waals surface area contributed by atoms with Crippen LogP contribution < -0.4 is 11.1 Å². The third kappa shape index (κ3) is 3.35. The summed E-state index contributed by atoms with van der Waals surface area (Å²) in [6.07, 6.45) is 0. The largest absolute Gasteiger partial charge is 0.508 e. The van der Waals surface area contributed by atoms with Crippen LogP contribution in [-0.4, -0.2) is 24.1 Å². The maximum atomic E-state index is 12.3. The van der Waals surface area contributed by atoms with Crippen molar-refractivity contribution < 1.29 is 19.4 Å². The molecule has 1 atom stereocenters. The Kier molecular flexibility index (Phi) is 4.63. The molecule has 0 aromatic heterocycles. The number of nitrogens with two attached hydrogens (primary N) is 1. The van der Waals surface area contributed by atoms with E-state index in [1.807, 2.05) is 0 Å². The second-order valence-electron chi connectivity index (χ2n) is 4.61. The van der Waals surface area contributed by atoms with Gasteiger partial charge in [0.1, 0.15) is 5.75 Å². The normalized spacial score (nSPS) is 11.5. The van der Waals surface area contributed by atoms with E-state index >= 15 is 0 Å². The van der Waals surface area contributed by atoms with Crippen molar-refractivity contribution in [1.82, 2.24) is 5.32 Å². The van der Waals surface area contributed by atoms with Crippen molar-refractivity contribution in [2.75, 3.05) is 12.8 Å². The zero-order chi connectivity index (χ0) is 16.1. The van der Waals surface area contributed by atoms with Gasteiger partial charge in [-0.15, -0.1) is 0 Å². The number of rotatable bonds is 4. The Morgan fingerprint density at radius 3 is 2.36 bits per heavy atom. The first kappa shape index (κ1) is 15.4. The Hall–Kier alpha value is -3.02. The number of aromatic hydroxyl groups is 1. The Balaban J connectivity index is 2.28. The minimum Gasteiger partial charge on any atom is -0.508 e. The summed E-state index contributed by atoms with van der Waals surface area (Å²) in [4.78, 5) is 24.2.